The smallest absolute Gasteiger partial charge is 0.234 e. The molecule has 2 heterocycles. The van der Waals surface area contributed by atoms with Gasteiger partial charge in [-0.3, -0.25) is 19.7 Å². The largest absolute Gasteiger partial charge is 0.350 e. The maximum Gasteiger partial charge on any atom is 0.234 e. The van der Waals surface area contributed by atoms with Crippen molar-refractivity contribution in [3.8, 4) is 11.4 Å². The van der Waals surface area contributed by atoms with Crippen molar-refractivity contribution in [3.63, 3.8) is 0 Å². The second-order valence-electron chi connectivity index (χ2n) is 8.47. The second-order valence-corrected chi connectivity index (χ2v) is 8.47. The third-order valence-electron chi connectivity index (χ3n) is 4.55. The number of carbonyl (C=O) groups excluding carboxylic acids is 1. The monoisotopic (exact) mass is 388 g/mol. The Hall–Kier alpha value is -2.32. The molecule has 1 aliphatic heterocycles. The zero-order valence-electron chi connectivity index (χ0n) is 17.0. The number of hydrogen-bond donors (Lipinski definition) is 2. The maximum absolute atomic E-state index is 13.6. The van der Waals surface area contributed by atoms with Crippen LogP contribution in [0.5, 0.6) is 0 Å². The normalized spacial score (nSPS) is 16.3. The first kappa shape index (κ1) is 20.4. The summed E-state index contributed by atoms with van der Waals surface area (Å²) in [5.41, 5.74) is 1.31. The van der Waals surface area contributed by atoms with Crippen LogP contribution in [0.25, 0.3) is 11.4 Å². The van der Waals surface area contributed by atoms with E-state index in [-0.39, 0.29) is 17.3 Å². The van der Waals surface area contributed by atoms with Gasteiger partial charge in [-0.2, -0.15) is 5.10 Å². The zero-order chi connectivity index (χ0) is 20.3. The van der Waals surface area contributed by atoms with E-state index in [1.807, 2.05) is 33.8 Å². The predicted octanol–water partition coefficient (Wildman–Crippen LogP) is 1.95. The first-order valence-electron chi connectivity index (χ1n) is 9.62. The lowest BCUT2D eigenvalue weighted by atomic mass is 10.1. The Bertz CT molecular complexity index is 800. The molecule has 0 unspecified atom stereocenters. The van der Waals surface area contributed by atoms with E-state index in [0.29, 0.717) is 24.5 Å². The van der Waals surface area contributed by atoms with Crippen molar-refractivity contribution in [1.29, 1.82) is 0 Å². The number of aromatic nitrogens is 3. The summed E-state index contributed by atoms with van der Waals surface area (Å²) >= 11 is 0. The number of hydrogen-bond acceptors (Lipinski definition) is 5. The first-order valence-corrected chi connectivity index (χ1v) is 9.62. The number of piperazine rings is 1. The number of benzene rings is 1. The molecule has 0 radical (unpaired) electrons. The van der Waals surface area contributed by atoms with Crippen LogP contribution in [-0.2, 0) is 11.3 Å². The molecule has 1 saturated heterocycles. The molecule has 7 nitrogen and oxygen atoms in total. The van der Waals surface area contributed by atoms with Gasteiger partial charge in [-0.25, -0.2) is 9.37 Å². The van der Waals surface area contributed by atoms with Crippen molar-refractivity contribution in [2.45, 2.75) is 39.8 Å². The highest BCUT2D eigenvalue weighted by Gasteiger charge is 2.22. The van der Waals surface area contributed by atoms with Crippen molar-refractivity contribution in [3.05, 3.63) is 35.4 Å². The maximum atomic E-state index is 13.6. The third-order valence-corrected chi connectivity index (χ3v) is 4.55. The summed E-state index contributed by atoms with van der Waals surface area (Å²) in [6.07, 6.45) is 0. The fourth-order valence-corrected chi connectivity index (χ4v) is 3.34. The Balaban J connectivity index is 1.50. The summed E-state index contributed by atoms with van der Waals surface area (Å²) in [5, 5.41) is 10.2. The van der Waals surface area contributed by atoms with Crippen LogP contribution in [0.4, 0.5) is 4.39 Å². The van der Waals surface area contributed by atoms with Gasteiger partial charge in [0.25, 0.3) is 0 Å². The Morgan fingerprint density at radius 2 is 1.86 bits per heavy atom. The Morgan fingerprint density at radius 1 is 1.18 bits per heavy atom. The highest BCUT2D eigenvalue weighted by molar-refractivity contribution is 5.78. The Labute approximate surface area is 165 Å². The highest BCUT2D eigenvalue weighted by Crippen LogP contribution is 2.18. The van der Waals surface area contributed by atoms with E-state index in [9.17, 15) is 9.18 Å². The van der Waals surface area contributed by atoms with Gasteiger partial charge in [0.1, 0.15) is 11.6 Å². The summed E-state index contributed by atoms with van der Waals surface area (Å²) < 4.78 is 13.6. The molecule has 1 aliphatic rings. The number of aryl methyl sites for hydroxylation is 1. The molecule has 3 rings (SSSR count). The quantitative estimate of drug-likeness (QED) is 0.819. The molecule has 0 bridgehead atoms. The average molecular weight is 388 g/mol. The van der Waals surface area contributed by atoms with Crippen molar-refractivity contribution in [1.82, 2.24) is 30.3 Å². The van der Waals surface area contributed by atoms with Crippen LogP contribution in [0.2, 0.25) is 0 Å². The summed E-state index contributed by atoms with van der Waals surface area (Å²) in [4.78, 5) is 21.0. The number of amides is 1. The summed E-state index contributed by atoms with van der Waals surface area (Å²) in [7, 11) is 0. The molecule has 1 aromatic heterocycles. The Morgan fingerprint density at radius 3 is 2.50 bits per heavy atom. The number of rotatable bonds is 5. The van der Waals surface area contributed by atoms with E-state index < -0.39 is 0 Å². The molecule has 1 aromatic carbocycles. The summed E-state index contributed by atoms with van der Waals surface area (Å²) in [6, 6.07) is 4.80. The van der Waals surface area contributed by atoms with Gasteiger partial charge in [0.15, 0.2) is 5.82 Å². The highest BCUT2D eigenvalue weighted by atomic mass is 19.1. The van der Waals surface area contributed by atoms with Gasteiger partial charge < -0.3 is 5.32 Å². The van der Waals surface area contributed by atoms with Crippen molar-refractivity contribution in [2.24, 2.45) is 0 Å². The lowest BCUT2D eigenvalue weighted by Crippen LogP contribution is -2.51. The van der Waals surface area contributed by atoms with Gasteiger partial charge in [-0.15, -0.1) is 0 Å². The molecule has 0 aliphatic carbocycles. The minimum absolute atomic E-state index is 0.0613. The molecular weight excluding hydrogens is 359 g/mol. The average Bonchev–Trinajstić information content (AvgIpc) is 3.02. The van der Waals surface area contributed by atoms with Crippen LogP contribution in [0, 0.1) is 12.7 Å². The van der Waals surface area contributed by atoms with Crippen LogP contribution in [0.15, 0.2) is 18.2 Å². The van der Waals surface area contributed by atoms with Gasteiger partial charge in [0.2, 0.25) is 5.91 Å². The number of nitrogens with one attached hydrogen (secondary N) is 2. The van der Waals surface area contributed by atoms with Crippen LogP contribution in [-0.4, -0.2) is 69.2 Å². The predicted molar refractivity (Wildman–Crippen MR) is 106 cm³/mol. The van der Waals surface area contributed by atoms with Crippen molar-refractivity contribution in [2.75, 3.05) is 32.7 Å². The molecule has 152 valence electrons. The molecule has 0 atom stereocenters. The molecule has 0 spiro atoms. The molecule has 28 heavy (non-hydrogen) atoms. The van der Waals surface area contributed by atoms with E-state index in [0.717, 1.165) is 37.6 Å². The lowest BCUT2D eigenvalue weighted by Gasteiger charge is -2.34. The van der Waals surface area contributed by atoms with Crippen LogP contribution in [0.1, 0.15) is 32.2 Å². The zero-order valence-corrected chi connectivity index (χ0v) is 17.0. The van der Waals surface area contributed by atoms with E-state index >= 15 is 0 Å². The molecule has 1 fully saturated rings. The number of halogens is 1. The molecule has 1 amide bonds. The SMILES string of the molecule is Cc1cc(F)cc(-c2n[nH]c(CN3CCN(CC(=O)NC(C)(C)C)CC3)n2)c1. The number of aromatic amines is 1. The third kappa shape index (κ3) is 5.84. The lowest BCUT2D eigenvalue weighted by molar-refractivity contribution is -0.124. The molecular formula is C20H29FN6O. The van der Waals surface area contributed by atoms with Crippen LogP contribution in [0.3, 0.4) is 0 Å². The van der Waals surface area contributed by atoms with Crippen LogP contribution >= 0.6 is 0 Å². The minimum atomic E-state index is -0.284. The number of nitrogens with zero attached hydrogens (tertiary/aromatic N) is 4. The summed E-state index contributed by atoms with van der Waals surface area (Å²) in [5.74, 6) is 1.05. The molecule has 2 aromatic rings. The second kappa shape index (κ2) is 8.36. The van der Waals surface area contributed by atoms with Gasteiger partial charge in [-0.05, 0) is 51.5 Å². The number of carbonyl (C=O) groups is 1. The van der Waals surface area contributed by atoms with Crippen molar-refractivity contribution < 1.29 is 9.18 Å². The molecule has 8 heteroatoms. The van der Waals surface area contributed by atoms with Crippen molar-refractivity contribution >= 4 is 5.91 Å². The van der Waals surface area contributed by atoms with Crippen LogP contribution < -0.4 is 5.32 Å². The van der Waals surface area contributed by atoms with Gasteiger partial charge >= 0.3 is 0 Å². The van der Waals surface area contributed by atoms with E-state index in [1.165, 1.54) is 12.1 Å². The summed E-state index contributed by atoms with van der Waals surface area (Å²) in [6.45, 7) is 12.3. The topological polar surface area (TPSA) is 77.2 Å². The standard InChI is InChI=1S/C20H29FN6O/c1-14-9-15(11-16(21)10-14)19-22-17(24-25-19)12-26-5-7-27(8-6-26)13-18(28)23-20(2,3)4/h9-11H,5-8,12-13H2,1-4H3,(H,23,28)(H,22,24,25). The van der Waals surface area contributed by atoms with Gasteiger partial charge in [0, 0.05) is 37.3 Å². The van der Waals surface area contributed by atoms with E-state index in [2.05, 4.69) is 30.3 Å². The molecule has 0 saturated carbocycles. The van der Waals surface area contributed by atoms with Gasteiger partial charge in [0.05, 0.1) is 13.1 Å². The number of H-pyrrole nitrogens is 1. The fourth-order valence-electron chi connectivity index (χ4n) is 3.34. The first-order chi connectivity index (χ1) is 13.2. The van der Waals surface area contributed by atoms with E-state index in [1.54, 1.807) is 0 Å². The van der Waals surface area contributed by atoms with E-state index in [4.69, 9.17) is 0 Å². The minimum Gasteiger partial charge on any atom is -0.350 e. The Kier molecular flexibility index (Phi) is 6.10. The molecule has 2 N–H and O–H groups in total. The van der Waals surface area contributed by atoms with Gasteiger partial charge in [-0.1, -0.05) is 0 Å². The fraction of sp³-hybridized carbons (Fsp3) is 0.550.